The summed E-state index contributed by atoms with van der Waals surface area (Å²) in [5, 5.41) is 8.75. The van der Waals surface area contributed by atoms with Gasteiger partial charge in [-0.25, -0.2) is 4.79 Å². The number of methoxy groups -OCH3 is 1. The number of ether oxygens (including phenoxy) is 1. The van der Waals surface area contributed by atoms with Crippen LogP contribution in [0.3, 0.4) is 0 Å². The summed E-state index contributed by atoms with van der Waals surface area (Å²) in [6.07, 6.45) is 0. The van der Waals surface area contributed by atoms with Crippen LogP contribution in [-0.4, -0.2) is 31.8 Å². The highest BCUT2D eigenvalue weighted by Gasteiger charge is 2.11. The lowest BCUT2D eigenvalue weighted by Crippen LogP contribution is -2.23. The molecule has 0 aliphatic carbocycles. The molecule has 1 N–H and O–H groups in total. The highest BCUT2D eigenvalue weighted by Crippen LogP contribution is 2.26. The molecule has 0 heterocycles. The lowest BCUT2D eigenvalue weighted by molar-refractivity contribution is -0.132. The van der Waals surface area contributed by atoms with Crippen molar-refractivity contribution < 1.29 is 14.6 Å². The summed E-state index contributed by atoms with van der Waals surface area (Å²) >= 11 is 0. The first-order valence-corrected chi connectivity index (χ1v) is 4.81. The number of para-hydroxylation sites is 2. The smallest absolute Gasteiger partial charge is 0.332 e. The van der Waals surface area contributed by atoms with E-state index >= 15 is 0 Å². The van der Waals surface area contributed by atoms with Gasteiger partial charge in [-0.2, -0.15) is 0 Å². The molecule has 0 aliphatic rings. The standard InChI is InChI=1S/C12H15NO3/c1-9(12(14)15)8-13(2)10-6-4-5-7-11(10)16-3/h4-7H,1,8H2,2-3H3,(H,14,15). The number of likely N-dealkylation sites (N-methyl/N-ethyl adjacent to an activating group) is 1. The predicted octanol–water partition coefficient (Wildman–Crippen LogP) is 1.77. The van der Waals surface area contributed by atoms with Gasteiger partial charge in [-0.3, -0.25) is 0 Å². The number of benzene rings is 1. The molecule has 4 heteroatoms. The summed E-state index contributed by atoms with van der Waals surface area (Å²) < 4.78 is 5.19. The minimum absolute atomic E-state index is 0.147. The molecule has 0 aliphatic heterocycles. The van der Waals surface area contributed by atoms with Crippen LogP contribution in [0.4, 0.5) is 5.69 Å². The minimum atomic E-state index is -0.984. The summed E-state index contributed by atoms with van der Waals surface area (Å²) in [5.74, 6) is -0.273. The number of rotatable bonds is 5. The molecule has 0 bridgehead atoms. The second kappa shape index (κ2) is 5.21. The molecule has 4 nitrogen and oxygen atoms in total. The van der Waals surface area contributed by atoms with E-state index in [1.807, 2.05) is 24.3 Å². The van der Waals surface area contributed by atoms with Crippen molar-refractivity contribution in [1.29, 1.82) is 0 Å². The van der Waals surface area contributed by atoms with Crippen LogP contribution < -0.4 is 9.64 Å². The zero-order valence-electron chi connectivity index (χ0n) is 9.43. The second-order valence-electron chi connectivity index (χ2n) is 3.44. The van der Waals surface area contributed by atoms with Gasteiger partial charge in [0, 0.05) is 19.2 Å². The molecule has 16 heavy (non-hydrogen) atoms. The van der Waals surface area contributed by atoms with Gasteiger partial charge < -0.3 is 14.7 Å². The molecule has 0 fully saturated rings. The van der Waals surface area contributed by atoms with Crippen molar-refractivity contribution in [2.75, 3.05) is 25.6 Å². The maximum absolute atomic E-state index is 10.7. The number of carboxylic acids is 1. The zero-order chi connectivity index (χ0) is 12.1. The quantitative estimate of drug-likeness (QED) is 0.770. The van der Waals surface area contributed by atoms with Crippen LogP contribution in [0.15, 0.2) is 36.4 Å². The average molecular weight is 221 g/mol. The fourth-order valence-electron chi connectivity index (χ4n) is 1.38. The topological polar surface area (TPSA) is 49.8 Å². The Bertz CT molecular complexity index is 401. The van der Waals surface area contributed by atoms with E-state index in [9.17, 15) is 4.79 Å². The van der Waals surface area contributed by atoms with Crippen molar-refractivity contribution in [3.63, 3.8) is 0 Å². The molecule has 0 radical (unpaired) electrons. The lowest BCUT2D eigenvalue weighted by atomic mass is 10.2. The number of hydrogen-bond acceptors (Lipinski definition) is 3. The SMILES string of the molecule is C=C(CN(C)c1ccccc1OC)C(=O)O. The van der Waals surface area contributed by atoms with Crippen molar-refractivity contribution in [2.45, 2.75) is 0 Å². The summed E-state index contributed by atoms with van der Waals surface area (Å²) in [4.78, 5) is 12.5. The van der Waals surface area contributed by atoms with E-state index in [0.717, 1.165) is 5.69 Å². The van der Waals surface area contributed by atoms with Crippen LogP contribution in [-0.2, 0) is 4.79 Å². The fourth-order valence-corrected chi connectivity index (χ4v) is 1.38. The average Bonchev–Trinajstić information content (AvgIpc) is 2.28. The summed E-state index contributed by atoms with van der Waals surface area (Å²) in [6, 6.07) is 7.43. The zero-order valence-corrected chi connectivity index (χ0v) is 9.43. The lowest BCUT2D eigenvalue weighted by Gasteiger charge is -2.21. The monoisotopic (exact) mass is 221 g/mol. The molecule has 0 aromatic heterocycles. The van der Waals surface area contributed by atoms with Crippen molar-refractivity contribution in [3.8, 4) is 5.75 Å². The largest absolute Gasteiger partial charge is 0.495 e. The van der Waals surface area contributed by atoms with Crippen LogP contribution in [0.1, 0.15) is 0 Å². The number of carboxylic acid groups (broad SMARTS) is 1. The van der Waals surface area contributed by atoms with E-state index in [1.54, 1.807) is 19.1 Å². The van der Waals surface area contributed by atoms with Crippen LogP contribution in [0.25, 0.3) is 0 Å². The third kappa shape index (κ3) is 2.76. The Morgan fingerprint density at radius 2 is 2.12 bits per heavy atom. The molecular weight excluding hydrogens is 206 g/mol. The van der Waals surface area contributed by atoms with Gasteiger partial charge in [-0.1, -0.05) is 18.7 Å². The van der Waals surface area contributed by atoms with Crippen LogP contribution >= 0.6 is 0 Å². The van der Waals surface area contributed by atoms with Gasteiger partial charge in [-0.15, -0.1) is 0 Å². The summed E-state index contributed by atoms with van der Waals surface area (Å²) in [6.45, 7) is 3.75. The first-order valence-electron chi connectivity index (χ1n) is 4.81. The van der Waals surface area contributed by atoms with Gasteiger partial charge in [-0.05, 0) is 12.1 Å². The number of carbonyl (C=O) groups is 1. The van der Waals surface area contributed by atoms with Gasteiger partial charge >= 0.3 is 5.97 Å². The van der Waals surface area contributed by atoms with Gasteiger partial charge in [0.15, 0.2) is 0 Å². The number of hydrogen-bond donors (Lipinski definition) is 1. The van der Waals surface area contributed by atoms with Crippen molar-refractivity contribution >= 4 is 11.7 Å². The Morgan fingerprint density at radius 3 is 2.69 bits per heavy atom. The van der Waals surface area contributed by atoms with E-state index in [1.165, 1.54) is 0 Å². The Kier molecular flexibility index (Phi) is 3.94. The summed E-state index contributed by atoms with van der Waals surface area (Å²) in [5.41, 5.74) is 0.987. The molecule has 0 amide bonds. The van der Waals surface area contributed by atoms with E-state index in [0.29, 0.717) is 5.75 Å². The van der Waals surface area contributed by atoms with Gasteiger partial charge in [0.05, 0.1) is 12.8 Å². The van der Waals surface area contributed by atoms with Gasteiger partial charge in [0.25, 0.3) is 0 Å². The van der Waals surface area contributed by atoms with E-state index in [4.69, 9.17) is 9.84 Å². The van der Waals surface area contributed by atoms with Crippen molar-refractivity contribution in [1.82, 2.24) is 0 Å². The van der Waals surface area contributed by atoms with Crippen LogP contribution in [0.5, 0.6) is 5.75 Å². The number of anilines is 1. The second-order valence-corrected chi connectivity index (χ2v) is 3.44. The molecule has 1 rings (SSSR count). The van der Waals surface area contributed by atoms with E-state index in [2.05, 4.69) is 6.58 Å². The van der Waals surface area contributed by atoms with Gasteiger partial charge in [0.1, 0.15) is 5.75 Å². The third-order valence-corrected chi connectivity index (χ3v) is 2.23. The molecule has 86 valence electrons. The molecule has 0 unspecified atom stereocenters. The molecule has 0 atom stereocenters. The van der Waals surface area contributed by atoms with E-state index < -0.39 is 5.97 Å². The highest BCUT2D eigenvalue weighted by atomic mass is 16.5. The predicted molar refractivity (Wildman–Crippen MR) is 63.0 cm³/mol. The Morgan fingerprint density at radius 1 is 1.50 bits per heavy atom. The minimum Gasteiger partial charge on any atom is -0.495 e. The number of nitrogens with zero attached hydrogens (tertiary/aromatic N) is 1. The maximum Gasteiger partial charge on any atom is 0.332 e. The maximum atomic E-state index is 10.7. The van der Waals surface area contributed by atoms with Crippen LogP contribution in [0.2, 0.25) is 0 Å². The Hall–Kier alpha value is -1.97. The highest BCUT2D eigenvalue weighted by molar-refractivity contribution is 5.87. The fraction of sp³-hybridized carbons (Fsp3) is 0.250. The van der Waals surface area contributed by atoms with Crippen molar-refractivity contribution in [3.05, 3.63) is 36.4 Å². The first-order chi connectivity index (χ1) is 7.56. The Labute approximate surface area is 94.8 Å². The molecule has 0 saturated carbocycles. The van der Waals surface area contributed by atoms with Crippen LogP contribution in [0, 0.1) is 0 Å². The van der Waals surface area contributed by atoms with E-state index in [-0.39, 0.29) is 12.1 Å². The molecule has 0 saturated heterocycles. The molecular formula is C12H15NO3. The number of aliphatic carboxylic acids is 1. The molecule has 0 spiro atoms. The summed E-state index contributed by atoms with van der Waals surface area (Å²) in [7, 11) is 3.38. The van der Waals surface area contributed by atoms with Crippen molar-refractivity contribution in [2.24, 2.45) is 0 Å². The Balaban J connectivity index is 2.84. The third-order valence-electron chi connectivity index (χ3n) is 2.23. The molecule has 1 aromatic rings. The van der Waals surface area contributed by atoms with Gasteiger partial charge in [0.2, 0.25) is 0 Å². The molecule has 1 aromatic carbocycles. The first kappa shape index (κ1) is 12.1. The normalized spacial score (nSPS) is 9.62.